The van der Waals surface area contributed by atoms with Gasteiger partial charge >= 0.3 is 0 Å². The van der Waals surface area contributed by atoms with E-state index in [-0.39, 0.29) is 23.9 Å². The molecule has 2 aliphatic heterocycles. The number of phenolic OH excluding ortho intramolecular Hbond substituents is 1. The molecule has 5 heteroatoms. The van der Waals surface area contributed by atoms with Crippen molar-refractivity contribution in [3.05, 3.63) is 59.2 Å². The molecular weight excluding hydrogens is 426 g/mol. The maximum Gasteiger partial charge on any atom is 0.159 e. The average molecular weight is 466 g/mol. The molecule has 3 aliphatic rings. The van der Waals surface area contributed by atoms with Crippen LogP contribution in [-0.2, 0) is 14.2 Å². The lowest BCUT2D eigenvalue weighted by Crippen LogP contribution is -2.46. The largest absolute Gasteiger partial charge is 0.508 e. The van der Waals surface area contributed by atoms with Crippen molar-refractivity contribution >= 4 is 5.69 Å². The van der Waals surface area contributed by atoms with Crippen LogP contribution < -0.4 is 4.90 Å². The molecule has 2 heterocycles. The highest BCUT2D eigenvalue weighted by atomic mass is 16.7. The van der Waals surface area contributed by atoms with Crippen LogP contribution in [0.25, 0.3) is 0 Å². The first-order valence-electron chi connectivity index (χ1n) is 13.0. The maximum atomic E-state index is 10.2. The Balaban J connectivity index is 1.41. The van der Waals surface area contributed by atoms with Crippen LogP contribution in [0.5, 0.6) is 5.75 Å². The third-order valence-corrected chi connectivity index (χ3v) is 8.44. The van der Waals surface area contributed by atoms with Crippen LogP contribution in [0.1, 0.15) is 80.6 Å². The van der Waals surface area contributed by atoms with Gasteiger partial charge in [-0.15, -0.1) is 0 Å². The minimum absolute atomic E-state index is 0.0000422. The lowest BCUT2D eigenvalue weighted by molar-refractivity contribution is -0.141. The summed E-state index contributed by atoms with van der Waals surface area (Å²) in [6.45, 7) is 4.17. The molecule has 1 N–H and O–H groups in total. The lowest BCUT2D eigenvalue weighted by atomic mass is 9.67. The zero-order valence-corrected chi connectivity index (χ0v) is 20.8. The molecule has 2 aromatic carbocycles. The molecule has 1 spiro atoms. The summed E-state index contributed by atoms with van der Waals surface area (Å²) in [6.07, 6.45) is 7.95. The SMILES string of the molecule is COC(OC)C1CCN(c2ccc(C3c4ccc(O)cc4C(C)OC34CCCCC4)cc2)CC1. The summed E-state index contributed by atoms with van der Waals surface area (Å²) in [4.78, 5) is 2.48. The van der Waals surface area contributed by atoms with Crippen LogP contribution >= 0.6 is 0 Å². The van der Waals surface area contributed by atoms with Crippen molar-refractivity contribution < 1.29 is 19.3 Å². The standard InChI is InChI=1S/C29H39NO4/c1-20-26-19-24(31)11-12-25(26)27(29(34-20)15-5-4-6-16-29)21-7-9-23(10-8-21)30-17-13-22(14-18-30)28(32-2)33-3/h7-12,19-20,22,27-28,31H,4-6,13-18H2,1-3H3. The third-order valence-electron chi connectivity index (χ3n) is 8.44. The average Bonchev–Trinajstić information content (AvgIpc) is 2.87. The number of hydrogen-bond acceptors (Lipinski definition) is 5. The van der Waals surface area contributed by atoms with Gasteiger partial charge in [-0.1, -0.05) is 37.5 Å². The Labute approximate surface area is 204 Å². The van der Waals surface area contributed by atoms with E-state index in [1.54, 1.807) is 14.2 Å². The highest BCUT2D eigenvalue weighted by Crippen LogP contribution is 2.54. The first-order valence-corrected chi connectivity index (χ1v) is 13.0. The number of phenols is 1. The van der Waals surface area contributed by atoms with Gasteiger partial charge in [-0.25, -0.2) is 0 Å². The van der Waals surface area contributed by atoms with Gasteiger partial charge in [-0.05, 0) is 73.6 Å². The Morgan fingerprint density at radius 1 is 0.941 bits per heavy atom. The van der Waals surface area contributed by atoms with Crippen molar-refractivity contribution in [2.75, 3.05) is 32.2 Å². The maximum absolute atomic E-state index is 10.2. The molecule has 184 valence electrons. The molecule has 0 bridgehead atoms. The highest BCUT2D eigenvalue weighted by molar-refractivity contribution is 5.52. The molecule has 0 amide bonds. The van der Waals surface area contributed by atoms with E-state index in [0.717, 1.165) is 44.3 Å². The number of piperidine rings is 1. The third kappa shape index (κ3) is 4.34. The second-order valence-electron chi connectivity index (χ2n) is 10.4. The van der Waals surface area contributed by atoms with Gasteiger partial charge < -0.3 is 24.2 Å². The number of aromatic hydroxyl groups is 1. The van der Waals surface area contributed by atoms with Crippen LogP contribution in [0, 0.1) is 5.92 Å². The fourth-order valence-corrected chi connectivity index (χ4v) is 6.77. The summed E-state index contributed by atoms with van der Waals surface area (Å²) in [5.41, 5.74) is 4.88. The van der Waals surface area contributed by atoms with E-state index in [9.17, 15) is 5.11 Å². The van der Waals surface area contributed by atoms with E-state index in [0.29, 0.717) is 11.7 Å². The Morgan fingerprint density at radius 2 is 1.62 bits per heavy atom. The van der Waals surface area contributed by atoms with Gasteiger partial charge in [0.1, 0.15) is 5.75 Å². The molecule has 34 heavy (non-hydrogen) atoms. The number of anilines is 1. The number of ether oxygens (including phenoxy) is 3. The van der Waals surface area contributed by atoms with E-state index >= 15 is 0 Å². The van der Waals surface area contributed by atoms with Crippen LogP contribution in [0.4, 0.5) is 5.69 Å². The molecule has 5 nitrogen and oxygen atoms in total. The normalized spacial score (nSPS) is 25.0. The van der Waals surface area contributed by atoms with Crippen LogP contribution in [0.15, 0.2) is 42.5 Å². The second kappa shape index (κ2) is 9.88. The number of benzene rings is 2. The molecule has 2 fully saturated rings. The van der Waals surface area contributed by atoms with Gasteiger partial charge in [0.05, 0.1) is 11.7 Å². The summed E-state index contributed by atoms with van der Waals surface area (Å²) in [6, 6.07) is 15.1. The Hall–Kier alpha value is -2.08. The molecule has 5 rings (SSSR count). The zero-order valence-electron chi connectivity index (χ0n) is 20.8. The molecule has 0 radical (unpaired) electrons. The smallest absolute Gasteiger partial charge is 0.159 e. The first-order chi connectivity index (χ1) is 16.5. The topological polar surface area (TPSA) is 51.2 Å². The predicted molar refractivity (Wildman–Crippen MR) is 134 cm³/mol. The van der Waals surface area contributed by atoms with Gasteiger partial charge in [0.25, 0.3) is 0 Å². The number of hydrogen-bond donors (Lipinski definition) is 1. The summed E-state index contributed by atoms with van der Waals surface area (Å²) in [5.74, 6) is 0.963. The second-order valence-corrected chi connectivity index (χ2v) is 10.4. The van der Waals surface area contributed by atoms with E-state index in [2.05, 4.69) is 42.2 Å². The Morgan fingerprint density at radius 3 is 2.26 bits per heavy atom. The molecular formula is C29H39NO4. The fourth-order valence-electron chi connectivity index (χ4n) is 6.77. The quantitative estimate of drug-likeness (QED) is 0.537. The Kier molecular flexibility index (Phi) is 6.88. The first kappa shape index (κ1) is 23.7. The molecule has 1 saturated carbocycles. The van der Waals surface area contributed by atoms with Crippen molar-refractivity contribution in [1.82, 2.24) is 0 Å². The van der Waals surface area contributed by atoms with Crippen molar-refractivity contribution in [2.24, 2.45) is 5.92 Å². The molecule has 1 aliphatic carbocycles. The molecule has 2 unspecified atom stereocenters. The minimum atomic E-state index is -0.156. The van der Waals surface area contributed by atoms with E-state index in [4.69, 9.17) is 14.2 Å². The summed E-state index contributed by atoms with van der Waals surface area (Å²) < 4.78 is 17.8. The van der Waals surface area contributed by atoms with Crippen LogP contribution in [0.2, 0.25) is 0 Å². The molecule has 2 aromatic rings. The number of nitrogens with zero attached hydrogens (tertiary/aromatic N) is 1. The van der Waals surface area contributed by atoms with Crippen molar-refractivity contribution in [2.45, 2.75) is 75.8 Å². The van der Waals surface area contributed by atoms with E-state index in [1.165, 1.54) is 36.1 Å². The van der Waals surface area contributed by atoms with Crippen LogP contribution in [0.3, 0.4) is 0 Å². The molecule has 2 atom stereocenters. The fraction of sp³-hybridized carbons (Fsp3) is 0.586. The van der Waals surface area contributed by atoms with Gasteiger partial charge in [-0.2, -0.15) is 0 Å². The number of fused-ring (bicyclic) bond motifs is 1. The van der Waals surface area contributed by atoms with Gasteiger partial charge in [-0.3, -0.25) is 0 Å². The molecule has 1 saturated heterocycles. The van der Waals surface area contributed by atoms with E-state index in [1.807, 2.05) is 12.1 Å². The predicted octanol–water partition coefficient (Wildman–Crippen LogP) is 6.15. The number of rotatable bonds is 5. The van der Waals surface area contributed by atoms with Crippen LogP contribution in [-0.4, -0.2) is 44.3 Å². The van der Waals surface area contributed by atoms with E-state index < -0.39 is 0 Å². The molecule has 0 aromatic heterocycles. The van der Waals surface area contributed by atoms with Crippen molar-refractivity contribution in [3.63, 3.8) is 0 Å². The zero-order chi connectivity index (χ0) is 23.7. The van der Waals surface area contributed by atoms with Gasteiger partial charge in [0, 0.05) is 44.8 Å². The van der Waals surface area contributed by atoms with Gasteiger partial charge in [0.2, 0.25) is 0 Å². The summed E-state index contributed by atoms with van der Waals surface area (Å²) in [7, 11) is 3.46. The summed E-state index contributed by atoms with van der Waals surface area (Å²) in [5, 5.41) is 10.2. The van der Waals surface area contributed by atoms with Crippen molar-refractivity contribution in [1.29, 1.82) is 0 Å². The highest BCUT2D eigenvalue weighted by Gasteiger charge is 2.48. The number of methoxy groups -OCH3 is 2. The lowest BCUT2D eigenvalue weighted by Gasteiger charge is -2.50. The Bertz CT molecular complexity index is 957. The monoisotopic (exact) mass is 465 g/mol. The van der Waals surface area contributed by atoms with Crippen molar-refractivity contribution in [3.8, 4) is 5.75 Å². The minimum Gasteiger partial charge on any atom is -0.508 e. The van der Waals surface area contributed by atoms with Gasteiger partial charge in [0.15, 0.2) is 6.29 Å². The summed E-state index contributed by atoms with van der Waals surface area (Å²) >= 11 is 0.